The second-order valence-corrected chi connectivity index (χ2v) is 7.89. The number of nitrogens with one attached hydrogen (secondary N) is 1. The van der Waals surface area contributed by atoms with Gasteiger partial charge in [0.2, 0.25) is 5.91 Å². The Bertz CT molecular complexity index is 1580. The van der Waals surface area contributed by atoms with E-state index in [-0.39, 0.29) is 29.1 Å². The number of fused-ring (bicyclic) bond motifs is 2. The number of benzene rings is 4. The van der Waals surface area contributed by atoms with Crippen LogP contribution in [0.25, 0.3) is 21.8 Å². The highest BCUT2D eigenvalue weighted by Gasteiger charge is 2.16. The fourth-order valence-electron chi connectivity index (χ4n) is 4.04. The first-order chi connectivity index (χ1) is 17.0. The molecule has 0 aliphatic rings. The molecule has 5 aromatic rings. The van der Waals surface area contributed by atoms with E-state index in [1.54, 1.807) is 77.4 Å². The number of pyridine rings is 1. The molecule has 0 fully saturated rings. The normalized spacial score (nSPS) is 10.9. The minimum Gasteiger partial charge on any atom is -0.457 e. The van der Waals surface area contributed by atoms with Gasteiger partial charge in [-0.15, -0.1) is 0 Å². The molecule has 1 aromatic heterocycles. The molecule has 0 aliphatic heterocycles. The number of ether oxygens (including phenoxy) is 1. The number of rotatable bonds is 6. The molecule has 8 nitrogen and oxygen atoms in total. The highest BCUT2D eigenvalue weighted by Crippen LogP contribution is 2.30. The standard InChI is InChI=1S/C27H19N3O5/c31-26(17-29-24-12-6-4-10-22(24)27(32)23-11-5-7-13-25(23)29)28-18-14-19(30(33)34)16-21(15-18)35-20-8-2-1-3-9-20/h1-16H,17H2,(H,28,31). The van der Waals surface area contributed by atoms with Gasteiger partial charge in [-0.2, -0.15) is 0 Å². The number of nitrogens with zero attached hydrogens (tertiary/aromatic N) is 2. The predicted molar refractivity (Wildman–Crippen MR) is 134 cm³/mol. The molecule has 8 heteroatoms. The van der Waals surface area contributed by atoms with E-state index in [0.29, 0.717) is 27.6 Å². The van der Waals surface area contributed by atoms with Gasteiger partial charge in [0, 0.05) is 22.9 Å². The van der Waals surface area contributed by atoms with Gasteiger partial charge < -0.3 is 14.6 Å². The number of hydrogen-bond acceptors (Lipinski definition) is 5. The number of amides is 1. The Hall–Kier alpha value is -4.98. The van der Waals surface area contributed by atoms with Gasteiger partial charge in [-0.3, -0.25) is 19.7 Å². The zero-order valence-electron chi connectivity index (χ0n) is 18.4. The van der Waals surface area contributed by atoms with Crippen molar-refractivity contribution in [1.29, 1.82) is 0 Å². The highest BCUT2D eigenvalue weighted by molar-refractivity contribution is 5.97. The summed E-state index contributed by atoms with van der Waals surface area (Å²) in [5.41, 5.74) is 1.16. The first-order valence-electron chi connectivity index (χ1n) is 10.8. The molecule has 0 saturated heterocycles. The van der Waals surface area contributed by atoms with Gasteiger partial charge >= 0.3 is 0 Å². The minimum atomic E-state index is -0.545. The third-order valence-electron chi connectivity index (χ3n) is 5.55. The Labute approximate surface area is 199 Å². The van der Waals surface area contributed by atoms with Gasteiger partial charge in [0.05, 0.1) is 27.7 Å². The second kappa shape index (κ2) is 9.11. The van der Waals surface area contributed by atoms with Gasteiger partial charge in [0.25, 0.3) is 5.69 Å². The van der Waals surface area contributed by atoms with Crippen LogP contribution in [0.4, 0.5) is 11.4 Å². The zero-order chi connectivity index (χ0) is 24.4. The predicted octanol–water partition coefficient (Wildman–Crippen LogP) is 5.49. The van der Waals surface area contributed by atoms with Crippen LogP contribution in [0.3, 0.4) is 0 Å². The van der Waals surface area contributed by atoms with E-state index < -0.39 is 10.8 Å². The van der Waals surface area contributed by atoms with Crippen LogP contribution >= 0.6 is 0 Å². The lowest BCUT2D eigenvalue weighted by Crippen LogP contribution is -2.21. The Morgan fingerprint density at radius 1 is 0.829 bits per heavy atom. The van der Waals surface area contributed by atoms with Crippen LogP contribution in [0.1, 0.15) is 0 Å². The number of para-hydroxylation sites is 3. The maximum atomic E-state index is 13.1. The van der Waals surface area contributed by atoms with E-state index >= 15 is 0 Å². The van der Waals surface area contributed by atoms with Crippen molar-refractivity contribution < 1.29 is 14.5 Å². The van der Waals surface area contributed by atoms with Crippen molar-refractivity contribution in [2.45, 2.75) is 6.54 Å². The Morgan fingerprint density at radius 2 is 1.43 bits per heavy atom. The van der Waals surface area contributed by atoms with Crippen LogP contribution in [0, 0.1) is 10.1 Å². The number of carbonyl (C=O) groups excluding carboxylic acids is 1. The van der Waals surface area contributed by atoms with Crippen molar-refractivity contribution in [3.63, 3.8) is 0 Å². The summed E-state index contributed by atoms with van der Waals surface area (Å²) >= 11 is 0. The topological polar surface area (TPSA) is 103 Å². The second-order valence-electron chi connectivity index (χ2n) is 7.89. The molecule has 1 heterocycles. The molecule has 35 heavy (non-hydrogen) atoms. The smallest absolute Gasteiger partial charge is 0.275 e. The molecular formula is C27H19N3O5. The van der Waals surface area contributed by atoms with Crippen LogP contribution < -0.4 is 15.5 Å². The van der Waals surface area contributed by atoms with E-state index in [4.69, 9.17) is 4.74 Å². The van der Waals surface area contributed by atoms with Crippen molar-refractivity contribution in [2.75, 3.05) is 5.32 Å². The first-order valence-corrected chi connectivity index (χ1v) is 10.8. The maximum Gasteiger partial charge on any atom is 0.275 e. The number of hydrogen-bond donors (Lipinski definition) is 1. The van der Waals surface area contributed by atoms with Gasteiger partial charge in [-0.25, -0.2) is 0 Å². The lowest BCUT2D eigenvalue weighted by atomic mass is 10.1. The third-order valence-corrected chi connectivity index (χ3v) is 5.55. The zero-order valence-corrected chi connectivity index (χ0v) is 18.4. The summed E-state index contributed by atoms with van der Waals surface area (Å²) < 4.78 is 7.51. The largest absolute Gasteiger partial charge is 0.457 e. The Balaban J connectivity index is 1.49. The number of carbonyl (C=O) groups is 1. The number of aromatic nitrogens is 1. The molecule has 1 N–H and O–H groups in total. The van der Waals surface area contributed by atoms with Crippen LogP contribution in [0.15, 0.2) is 102 Å². The summed E-state index contributed by atoms with van der Waals surface area (Å²) in [4.78, 5) is 36.9. The molecule has 0 atom stereocenters. The first kappa shape index (κ1) is 21.8. The van der Waals surface area contributed by atoms with Gasteiger partial charge in [0.15, 0.2) is 5.43 Å². The maximum absolute atomic E-state index is 13.1. The van der Waals surface area contributed by atoms with Crippen molar-refractivity contribution >= 4 is 39.1 Å². The van der Waals surface area contributed by atoms with Crippen LogP contribution in [0.2, 0.25) is 0 Å². The molecule has 0 aliphatic carbocycles. The van der Waals surface area contributed by atoms with Crippen LogP contribution in [-0.2, 0) is 11.3 Å². The number of nitro groups is 1. The quantitative estimate of drug-likeness (QED) is 0.203. The lowest BCUT2D eigenvalue weighted by Gasteiger charge is -2.15. The summed E-state index contributed by atoms with van der Waals surface area (Å²) in [6.45, 7) is -0.0983. The lowest BCUT2D eigenvalue weighted by molar-refractivity contribution is -0.384. The Kier molecular flexibility index (Phi) is 5.68. The van der Waals surface area contributed by atoms with E-state index in [1.807, 2.05) is 6.07 Å². The van der Waals surface area contributed by atoms with Crippen molar-refractivity contribution in [3.05, 3.63) is 117 Å². The highest BCUT2D eigenvalue weighted by atomic mass is 16.6. The molecule has 4 aromatic carbocycles. The average molecular weight is 465 g/mol. The summed E-state index contributed by atoms with van der Waals surface area (Å²) in [6.07, 6.45) is 0. The average Bonchev–Trinajstić information content (AvgIpc) is 2.87. The summed E-state index contributed by atoms with van der Waals surface area (Å²) in [5, 5.41) is 15.2. The van der Waals surface area contributed by atoms with Crippen molar-refractivity contribution in [2.24, 2.45) is 0 Å². The van der Waals surface area contributed by atoms with E-state index in [0.717, 1.165) is 0 Å². The fraction of sp³-hybridized carbons (Fsp3) is 0.0370. The monoisotopic (exact) mass is 465 g/mol. The molecule has 0 radical (unpaired) electrons. The summed E-state index contributed by atoms with van der Waals surface area (Å²) in [7, 11) is 0. The molecule has 0 unspecified atom stereocenters. The SMILES string of the molecule is O=C(Cn1c2ccccc2c(=O)c2ccccc21)Nc1cc(Oc2ccccc2)cc([N+](=O)[O-])c1. The van der Waals surface area contributed by atoms with Crippen LogP contribution in [-0.4, -0.2) is 15.4 Å². The molecule has 1 amide bonds. The number of anilines is 1. The summed E-state index contributed by atoms with van der Waals surface area (Å²) in [6, 6.07) is 27.1. The van der Waals surface area contributed by atoms with Crippen molar-refractivity contribution in [3.8, 4) is 11.5 Å². The minimum absolute atomic E-state index is 0.0983. The van der Waals surface area contributed by atoms with E-state index in [2.05, 4.69) is 5.32 Å². The fourth-order valence-corrected chi connectivity index (χ4v) is 4.04. The third kappa shape index (κ3) is 4.45. The molecule has 0 spiro atoms. The van der Waals surface area contributed by atoms with Gasteiger partial charge in [-0.1, -0.05) is 42.5 Å². The van der Waals surface area contributed by atoms with Gasteiger partial charge in [-0.05, 0) is 36.4 Å². The molecule has 0 bridgehead atoms. The molecule has 172 valence electrons. The molecule has 0 saturated carbocycles. The van der Waals surface area contributed by atoms with Gasteiger partial charge in [0.1, 0.15) is 18.0 Å². The molecular weight excluding hydrogens is 446 g/mol. The van der Waals surface area contributed by atoms with E-state index in [9.17, 15) is 19.7 Å². The Morgan fingerprint density at radius 3 is 2.06 bits per heavy atom. The number of nitro benzene ring substituents is 1. The number of non-ortho nitro benzene ring substituents is 1. The summed E-state index contributed by atoms with van der Waals surface area (Å²) in [5.74, 6) is 0.326. The molecule has 5 rings (SSSR count). The van der Waals surface area contributed by atoms with E-state index in [1.165, 1.54) is 18.2 Å². The van der Waals surface area contributed by atoms with Crippen LogP contribution in [0.5, 0.6) is 11.5 Å². The van der Waals surface area contributed by atoms with Crippen molar-refractivity contribution in [1.82, 2.24) is 4.57 Å².